The second-order valence-corrected chi connectivity index (χ2v) is 4.66. The molecule has 8 nitrogen and oxygen atoms in total. The zero-order valence-corrected chi connectivity index (χ0v) is 13.0. The maximum Gasteiger partial charge on any atom is 0.334 e. The molecule has 1 rings (SSSR count). The third-order valence-electron chi connectivity index (χ3n) is 3.23. The first-order valence-corrected chi connectivity index (χ1v) is 6.98. The third kappa shape index (κ3) is 3.93. The number of nitrogens with zero attached hydrogens (tertiary/aromatic N) is 4. The van der Waals surface area contributed by atoms with Gasteiger partial charge in [-0.3, -0.25) is 14.9 Å². The van der Waals surface area contributed by atoms with Crippen molar-refractivity contribution >= 4 is 17.5 Å². The van der Waals surface area contributed by atoms with Crippen LogP contribution in [0.1, 0.15) is 32.4 Å². The van der Waals surface area contributed by atoms with Gasteiger partial charge in [0.05, 0.1) is 18.5 Å². The maximum atomic E-state index is 11.4. The highest BCUT2D eigenvalue weighted by Crippen LogP contribution is 2.32. The van der Waals surface area contributed by atoms with Gasteiger partial charge in [0.2, 0.25) is 5.82 Å². The smallest absolute Gasteiger partial charge is 0.334 e. The predicted octanol–water partition coefficient (Wildman–Crippen LogP) is 1.67. The number of nitro groups is 1. The Balaban J connectivity index is 3.12. The Kier molecular flexibility index (Phi) is 6.13. The van der Waals surface area contributed by atoms with Crippen LogP contribution < -0.4 is 4.90 Å². The van der Waals surface area contributed by atoms with Crippen LogP contribution in [0.5, 0.6) is 0 Å². The summed E-state index contributed by atoms with van der Waals surface area (Å²) in [5, 5.41) is 15.6. The van der Waals surface area contributed by atoms with Gasteiger partial charge in [-0.1, -0.05) is 13.3 Å². The number of ether oxygens (including phenoxy) is 1. The largest absolute Gasteiger partial charge is 0.469 e. The molecule has 0 radical (unpaired) electrons. The fraction of sp³-hybridized carbons (Fsp3) is 0.692. The van der Waals surface area contributed by atoms with E-state index in [9.17, 15) is 14.9 Å². The molecule has 0 saturated carbocycles. The minimum absolute atomic E-state index is 0.0334. The first-order chi connectivity index (χ1) is 9.96. The molecular weight excluding hydrogens is 276 g/mol. The molecule has 0 spiro atoms. The SMILES string of the molecule is CCCc1nn(C)c(N(CC)CCC(=O)OC)c1[N+](=O)[O-]. The van der Waals surface area contributed by atoms with Crippen LogP contribution in [0.2, 0.25) is 0 Å². The summed E-state index contributed by atoms with van der Waals surface area (Å²) in [6, 6.07) is 0. The topological polar surface area (TPSA) is 90.5 Å². The Morgan fingerprint density at radius 2 is 2.14 bits per heavy atom. The quantitative estimate of drug-likeness (QED) is 0.412. The van der Waals surface area contributed by atoms with Gasteiger partial charge in [0.15, 0.2) is 0 Å². The van der Waals surface area contributed by atoms with Gasteiger partial charge in [-0.25, -0.2) is 4.68 Å². The highest BCUT2D eigenvalue weighted by Gasteiger charge is 2.29. The molecule has 21 heavy (non-hydrogen) atoms. The van der Waals surface area contributed by atoms with Crippen molar-refractivity contribution in [3.05, 3.63) is 15.8 Å². The van der Waals surface area contributed by atoms with E-state index in [0.29, 0.717) is 31.0 Å². The van der Waals surface area contributed by atoms with E-state index in [1.807, 2.05) is 13.8 Å². The van der Waals surface area contributed by atoms with Crippen molar-refractivity contribution in [1.82, 2.24) is 9.78 Å². The molecule has 0 atom stereocenters. The average molecular weight is 298 g/mol. The lowest BCUT2D eigenvalue weighted by Gasteiger charge is -2.21. The normalized spacial score (nSPS) is 10.5. The zero-order chi connectivity index (χ0) is 16.0. The zero-order valence-electron chi connectivity index (χ0n) is 13.0. The van der Waals surface area contributed by atoms with Gasteiger partial charge in [0.25, 0.3) is 0 Å². The molecular formula is C13H22N4O4. The molecule has 0 aliphatic rings. The van der Waals surface area contributed by atoms with Gasteiger partial charge in [-0.15, -0.1) is 0 Å². The predicted molar refractivity (Wildman–Crippen MR) is 78.4 cm³/mol. The van der Waals surface area contributed by atoms with Gasteiger partial charge in [0.1, 0.15) is 5.69 Å². The van der Waals surface area contributed by atoms with Crippen LogP contribution in [-0.4, -0.2) is 40.9 Å². The number of aryl methyl sites for hydroxylation is 2. The molecule has 0 N–H and O–H groups in total. The Morgan fingerprint density at radius 3 is 2.62 bits per heavy atom. The van der Waals surface area contributed by atoms with Crippen LogP contribution in [0.3, 0.4) is 0 Å². The molecule has 1 heterocycles. The van der Waals surface area contributed by atoms with Crippen LogP contribution in [0.4, 0.5) is 11.5 Å². The monoisotopic (exact) mass is 298 g/mol. The van der Waals surface area contributed by atoms with Gasteiger partial charge in [-0.2, -0.15) is 5.10 Å². The van der Waals surface area contributed by atoms with Crippen molar-refractivity contribution in [2.45, 2.75) is 33.1 Å². The number of aromatic nitrogens is 2. The minimum Gasteiger partial charge on any atom is -0.469 e. The van der Waals surface area contributed by atoms with Crippen LogP contribution >= 0.6 is 0 Å². The van der Waals surface area contributed by atoms with Crippen LogP contribution in [0.25, 0.3) is 0 Å². The minimum atomic E-state index is -0.395. The fourth-order valence-corrected chi connectivity index (χ4v) is 2.25. The van der Waals surface area contributed by atoms with Crippen LogP contribution in [0.15, 0.2) is 0 Å². The summed E-state index contributed by atoms with van der Waals surface area (Å²) in [6.45, 7) is 4.73. The van der Waals surface area contributed by atoms with Crippen LogP contribution in [0, 0.1) is 10.1 Å². The number of anilines is 1. The number of methoxy groups -OCH3 is 1. The van der Waals surface area contributed by atoms with Crippen LogP contribution in [-0.2, 0) is 23.0 Å². The summed E-state index contributed by atoms with van der Waals surface area (Å²) < 4.78 is 6.13. The van der Waals surface area contributed by atoms with Gasteiger partial charge in [-0.05, 0) is 13.3 Å². The van der Waals surface area contributed by atoms with E-state index >= 15 is 0 Å². The van der Waals surface area contributed by atoms with E-state index in [4.69, 9.17) is 0 Å². The number of rotatable bonds is 8. The van der Waals surface area contributed by atoms with Gasteiger partial charge >= 0.3 is 11.7 Å². The summed E-state index contributed by atoms with van der Waals surface area (Å²) in [7, 11) is 3.01. The lowest BCUT2D eigenvalue weighted by molar-refractivity contribution is -0.384. The van der Waals surface area contributed by atoms with E-state index in [2.05, 4.69) is 9.84 Å². The molecule has 0 bridgehead atoms. The Morgan fingerprint density at radius 1 is 1.48 bits per heavy atom. The highest BCUT2D eigenvalue weighted by atomic mass is 16.6. The van der Waals surface area contributed by atoms with Gasteiger partial charge < -0.3 is 9.64 Å². The Bertz CT molecular complexity index is 513. The molecule has 1 aromatic rings. The van der Waals surface area contributed by atoms with Crippen molar-refractivity contribution in [3.8, 4) is 0 Å². The summed E-state index contributed by atoms with van der Waals surface area (Å²) in [5.41, 5.74) is 0.516. The summed E-state index contributed by atoms with van der Waals surface area (Å²) in [4.78, 5) is 24.0. The summed E-state index contributed by atoms with van der Waals surface area (Å²) >= 11 is 0. The number of hydrogen-bond donors (Lipinski definition) is 0. The average Bonchev–Trinajstić information content (AvgIpc) is 2.76. The van der Waals surface area contributed by atoms with E-state index in [-0.39, 0.29) is 18.1 Å². The lowest BCUT2D eigenvalue weighted by Crippen LogP contribution is -2.28. The van der Waals surface area contributed by atoms with Crippen molar-refractivity contribution in [1.29, 1.82) is 0 Å². The number of carbonyl (C=O) groups excluding carboxylic acids is 1. The first-order valence-electron chi connectivity index (χ1n) is 6.98. The summed E-state index contributed by atoms with van der Waals surface area (Å²) in [5.74, 6) is 0.0990. The fourth-order valence-electron chi connectivity index (χ4n) is 2.25. The first kappa shape index (κ1) is 16.9. The second-order valence-electron chi connectivity index (χ2n) is 4.66. The standard InChI is InChI=1S/C13H22N4O4/c1-5-7-10-12(17(19)20)13(15(3)14-10)16(6-2)9-8-11(18)21-4/h5-9H2,1-4H3. The van der Waals surface area contributed by atoms with Gasteiger partial charge in [0, 0.05) is 20.1 Å². The molecule has 0 aromatic carbocycles. The summed E-state index contributed by atoms with van der Waals surface area (Å²) in [6.07, 6.45) is 1.51. The maximum absolute atomic E-state index is 11.4. The van der Waals surface area contributed by atoms with E-state index in [1.54, 1.807) is 11.9 Å². The molecule has 0 fully saturated rings. The van der Waals surface area contributed by atoms with Crippen molar-refractivity contribution in [2.75, 3.05) is 25.1 Å². The molecule has 1 aromatic heterocycles. The highest BCUT2D eigenvalue weighted by molar-refractivity contribution is 5.70. The third-order valence-corrected chi connectivity index (χ3v) is 3.23. The Hall–Kier alpha value is -2.12. The Labute approximate surface area is 123 Å². The molecule has 0 aliphatic carbocycles. The molecule has 0 unspecified atom stereocenters. The van der Waals surface area contributed by atoms with Crippen molar-refractivity contribution in [2.24, 2.45) is 7.05 Å². The molecule has 0 saturated heterocycles. The molecule has 0 amide bonds. The van der Waals surface area contributed by atoms with E-state index < -0.39 is 4.92 Å². The number of hydrogen-bond acceptors (Lipinski definition) is 6. The van der Waals surface area contributed by atoms with E-state index in [0.717, 1.165) is 6.42 Å². The molecule has 118 valence electrons. The van der Waals surface area contributed by atoms with E-state index in [1.165, 1.54) is 11.8 Å². The van der Waals surface area contributed by atoms with Crippen molar-refractivity contribution < 1.29 is 14.5 Å². The molecule has 0 aliphatic heterocycles. The van der Waals surface area contributed by atoms with Crippen molar-refractivity contribution in [3.63, 3.8) is 0 Å². The lowest BCUT2D eigenvalue weighted by atomic mass is 10.2. The molecule has 8 heteroatoms. The number of esters is 1. The second kappa shape index (κ2) is 7.61. The number of carbonyl (C=O) groups is 1.